The van der Waals surface area contributed by atoms with Crippen LogP contribution in [0.5, 0.6) is 0 Å². The second-order valence-electron chi connectivity index (χ2n) is 8.79. The second-order valence-corrected chi connectivity index (χ2v) is 8.79. The number of hydrogen-bond acceptors (Lipinski definition) is 2. The van der Waals surface area contributed by atoms with Crippen molar-refractivity contribution in [2.75, 3.05) is 20.1 Å². The molecule has 0 amide bonds. The maximum absolute atomic E-state index is 5.17. The predicted octanol–water partition coefficient (Wildman–Crippen LogP) is 4.84. The number of nitrogens with zero attached hydrogens (tertiary/aromatic N) is 2. The van der Waals surface area contributed by atoms with Gasteiger partial charge in [0, 0.05) is 29.5 Å². The molecule has 2 heterocycles. The summed E-state index contributed by atoms with van der Waals surface area (Å²) in [6.45, 7) is 6.87. The van der Waals surface area contributed by atoms with Crippen molar-refractivity contribution < 1.29 is 0 Å². The van der Waals surface area contributed by atoms with E-state index in [2.05, 4.69) is 74.3 Å². The first-order valence-electron chi connectivity index (χ1n) is 10.2. The van der Waals surface area contributed by atoms with E-state index < -0.39 is 0 Å². The minimum absolute atomic E-state index is 0.230. The summed E-state index contributed by atoms with van der Waals surface area (Å²) in [5, 5.41) is 1.32. The van der Waals surface area contributed by atoms with Crippen LogP contribution in [0.3, 0.4) is 0 Å². The molecule has 1 aromatic heterocycles. The van der Waals surface area contributed by atoms with E-state index in [9.17, 15) is 0 Å². The lowest BCUT2D eigenvalue weighted by Gasteiger charge is -2.51. The molecule has 5 rings (SSSR count). The van der Waals surface area contributed by atoms with Crippen LogP contribution in [0.15, 0.2) is 48.5 Å². The van der Waals surface area contributed by atoms with Crippen molar-refractivity contribution >= 4 is 10.9 Å². The molecule has 138 valence electrons. The number of hydrogen-bond donors (Lipinski definition) is 0. The van der Waals surface area contributed by atoms with Gasteiger partial charge in [0.15, 0.2) is 0 Å². The number of benzene rings is 2. The first-order valence-corrected chi connectivity index (χ1v) is 10.2. The molecule has 2 heteroatoms. The van der Waals surface area contributed by atoms with E-state index in [1.54, 1.807) is 0 Å². The van der Waals surface area contributed by atoms with Crippen molar-refractivity contribution in [3.8, 4) is 0 Å². The van der Waals surface area contributed by atoms with Gasteiger partial charge in [-0.25, -0.2) is 0 Å². The maximum atomic E-state index is 5.17. The summed E-state index contributed by atoms with van der Waals surface area (Å²) in [4.78, 5) is 7.69. The Bertz CT molecular complexity index is 1020. The third-order valence-corrected chi connectivity index (χ3v) is 7.14. The van der Waals surface area contributed by atoms with E-state index in [-0.39, 0.29) is 5.41 Å². The second kappa shape index (κ2) is 6.17. The lowest BCUT2D eigenvalue weighted by Crippen LogP contribution is -2.53. The van der Waals surface area contributed by atoms with Gasteiger partial charge in [-0.15, -0.1) is 0 Å². The van der Waals surface area contributed by atoms with Crippen molar-refractivity contribution in [2.24, 2.45) is 5.92 Å². The number of fused-ring (bicyclic) bond motifs is 3. The van der Waals surface area contributed by atoms with Crippen molar-refractivity contribution in [1.29, 1.82) is 0 Å². The SMILES string of the molecule is Cc1cccc([C@]23CCN(C)C[C@@H]2Cc2c(nc4ccccc4c2C)C3)c1. The van der Waals surface area contributed by atoms with Crippen molar-refractivity contribution in [3.05, 3.63) is 76.5 Å². The molecule has 1 aliphatic carbocycles. The lowest BCUT2D eigenvalue weighted by atomic mass is 9.58. The summed E-state index contributed by atoms with van der Waals surface area (Å²) in [6.07, 6.45) is 3.46. The highest BCUT2D eigenvalue weighted by Gasteiger charge is 2.47. The van der Waals surface area contributed by atoms with Crippen molar-refractivity contribution in [1.82, 2.24) is 9.88 Å². The van der Waals surface area contributed by atoms with Crippen LogP contribution in [0.2, 0.25) is 0 Å². The number of piperidine rings is 1. The zero-order valence-corrected chi connectivity index (χ0v) is 16.6. The smallest absolute Gasteiger partial charge is 0.0708 e. The van der Waals surface area contributed by atoms with Gasteiger partial charge in [-0.1, -0.05) is 48.0 Å². The summed E-state index contributed by atoms with van der Waals surface area (Å²) in [5.74, 6) is 0.659. The topological polar surface area (TPSA) is 16.1 Å². The zero-order valence-electron chi connectivity index (χ0n) is 16.6. The van der Waals surface area contributed by atoms with E-state index in [1.165, 1.54) is 52.8 Å². The van der Waals surface area contributed by atoms with Crippen LogP contribution in [0.1, 0.15) is 34.4 Å². The highest BCUT2D eigenvalue weighted by Crippen LogP contribution is 2.48. The molecular weight excluding hydrogens is 328 g/mol. The molecule has 0 unspecified atom stereocenters. The summed E-state index contributed by atoms with van der Waals surface area (Å²) in [6, 6.07) is 17.9. The molecule has 0 radical (unpaired) electrons. The van der Waals surface area contributed by atoms with E-state index in [4.69, 9.17) is 4.98 Å². The molecule has 3 aromatic rings. The molecule has 1 saturated heterocycles. The third-order valence-electron chi connectivity index (χ3n) is 7.14. The molecule has 1 fully saturated rings. The van der Waals surface area contributed by atoms with Gasteiger partial charge in [0.25, 0.3) is 0 Å². The van der Waals surface area contributed by atoms with Gasteiger partial charge in [0.2, 0.25) is 0 Å². The largest absolute Gasteiger partial charge is 0.306 e. The van der Waals surface area contributed by atoms with Gasteiger partial charge in [-0.3, -0.25) is 4.98 Å². The fourth-order valence-electron chi connectivity index (χ4n) is 5.61. The van der Waals surface area contributed by atoms with Gasteiger partial charge in [-0.05, 0) is 69.0 Å². The highest BCUT2D eigenvalue weighted by atomic mass is 15.1. The quantitative estimate of drug-likeness (QED) is 0.620. The van der Waals surface area contributed by atoms with Crippen LogP contribution in [-0.4, -0.2) is 30.0 Å². The Morgan fingerprint density at radius 1 is 1.07 bits per heavy atom. The van der Waals surface area contributed by atoms with E-state index >= 15 is 0 Å². The summed E-state index contributed by atoms with van der Waals surface area (Å²) in [7, 11) is 2.28. The molecule has 1 aliphatic heterocycles. The number of likely N-dealkylation sites (tertiary alicyclic amines) is 1. The van der Waals surface area contributed by atoms with E-state index in [1.807, 2.05) is 0 Å². The molecule has 2 aliphatic rings. The summed E-state index contributed by atoms with van der Waals surface area (Å²) >= 11 is 0. The van der Waals surface area contributed by atoms with Crippen LogP contribution in [0.4, 0.5) is 0 Å². The molecule has 2 aromatic carbocycles. The first kappa shape index (κ1) is 16.9. The average Bonchev–Trinajstić information content (AvgIpc) is 2.67. The van der Waals surface area contributed by atoms with Gasteiger partial charge >= 0.3 is 0 Å². The fourth-order valence-corrected chi connectivity index (χ4v) is 5.61. The number of para-hydroxylation sites is 1. The fraction of sp³-hybridized carbons (Fsp3) is 0.400. The minimum Gasteiger partial charge on any atom is -0.306 e. The van der Waals surface area contributed by atoms with Crippen molar-refractivity contribution in [2.45, 2.75) is 38.5 Å². The molecule has 0 saturated carbocycles. The zero-order chi connectivity index (χ0) is 18.6. The monoisotopic (exact) mass is 356 g/mol. The van der Waals surface area contributed by atoms with E-state index in [0.29, 0.717) is 5.92 Å². The number of rotatable bonds is 1. The Morgan fingerprint density at radius 3 is 2.78 bits per heavy atom. The third kappa shape index (κ3) is 2.62. The van der Waals surface area contributed by atoms with Crippen LogP contribution in [0, 0.1) is 19.8 Å². The van der Waals surface area contributed by atoms with Crippen LogP contribution in [0.25, 0.3) is 10.9 Å². The van der Waals surface area contributed by atoms with Gasteiger partial charge in [0.05, 0.1) is 5.52 Å². The summed E-state index contributed by atoms with van der Waals surface area (Å²) in [5.41, 5.74) is 8.58. The number of pyridine rings is 1. The number of aryl methyl sites for hydroxylation is 2. The van der Waals surface area contributed by atoms with Crippen LogP contribution >= 0.6 is 0 Å². The molecule has 27 heavy (non-hydrogen) atoms. The Labute approximate surface area is 162 Å². The van der Waals surface area contributed by atoms with Crippen LogP contribution < -0.4 is 0 Å². The Balaban J connectivity index is 1.70. The average molecular weight is 357 g/mol. The first-order chi connectivity index (χ1) is 13.1. The van der Waals surface area contributed by atoms with Gasteiger partial charge in [0.1, 0.15) is 0 Å². The minimum atomic E-state index is 0.230. The summed E-state index contributed by atoms with van der Waals surface area (Å²) < 4.78 is 0. The Kier molecular flexibility index (Phi) is 3.87. The van der Waals surface area contributed by atoms with Gasteiger partial charge in [-0.2, -0.15) is 0 Å². The molecule has 0 spiro atoms. The Hall–Kier alpha value is -2.19. The molecule has 0 bridgehead atoms. The molecule has 0 N–H and O–H groups in total. The number of aromatic nitrogens is 1. The van der Waals surface area contributed by atoms with Crippen molar-refractivity contribution in [3.63, 3.8) is 0 Å². The molecular formula is C25H28N2. The van der Waals surface area contributed by atoms with Gasteiger partial charge < -0.3 is 4.90 Å². The predicted molar refractivity (Wildman–Crippen MR) is 112 cm³/mol. The molecule has 2 atom stereocenters. The Morgan fingerprint density at radius 2 is 1.93 bits per heavy atom. The normalized spacial score (nSPS) is 25.2. The van der Waals surface area contributed by atoms with Crippen LogP contribution in [-0.2, 0) is 18.3 Å². The standard InChI is InChI=1S/C25H28N2/c1-17-7-6-8-19(13-17)25-11-12-27(3)16-20(25)14-22-18(2)21-9-4-5-10-23(21)26-24(22)15-25/h4-10,13,20H,11-12,14-16H2,1-3H3/t20-,25+/m0/s1. The maximum Gasteiger partial charge on any atom is 0.0708 e. The lowest BCUT2D eigenvalue weighted by molar-refractivity contribution is 0.0987. The highest BCUT2D eigenvalue weighted by molar-refractivity contribution is 5.83. The van der Waals surface area contributed by atoms with E-state index in [0.717, 1.165) is 18.4 Å². The molecule has 2 nitrogen and oxygen atoms in total.